The molecule has 0 heterocycles. The van der Waals surface area contributed by atoms with E-state index in [0.29, 0.717) is 0 Å². The van der Waals surface area contributed by atoms with Crippen LogP contribution in [0, 0.1) is 0 Å². The first kappa shape index (κ1) is 14.4. The van der Waals surface area contributed by atoms with E-state index in [9.17, 15) is 4.79 Å². The SMILES string of the molecule is CNC(C(=O)OC)c1ccc(Br)cc1.Cl. The summed E-state index contributed by atoms with van der Waals surface area (Å²) < 4.78 is 5.66. The number of carbonyl (C=O) groups excluding carboxylic acids is 1. The standard InChI is InChI=1S/C10H12BrNO2.ClH/c1-12-9(10(13)14-2)7-3-5-8(11)6-4-7;/h3-6,9,12H,1-2H3;1H. The zero-order chi connectivity index (χ0) is 10.6. The Hall–Kier alpha value is -0.580. The zero-order valence-electron chi connectivity index (χ0n) is 8.49. The molecule has 0 spiro atoms. The maximum absolute atomic E-state index is 11.3. The molecule has 1 aromatic rings. The van der Waals surface area contributed by atoms with E-state index in [0.717, 1.165) is 10.0 Å². The maximum Gasteiger partial charge on any atom is 0.327 e. The predicted molar refractivity (Wildman–Crippen MR) is 65.2 cm³/mol. The van der Waals surface area contributed by atoms with Crippen molar-refractivity contribution in [3.63, 3.8) is 0 Å². The fraction of sp³-hybridized carbons (Fsp3) is 0.300. The van der Waals surface area contributed by atoms with Crippen molar-refractivity contribution in [3.8, 4) is 0 Å². The lowest BCUT2D eigenvalue weighted by Crippen LogP contribution is -2.26. The second-order valence-electron chi connectivity index (χ2n) is 2.80. The van der Waals surface area contributed by atoms with Gasteiger partial charge in [-0.1, -0.05) is 28.1 Å². The predicted octanol–water partition coefficient (Wildman–Crippen LogP) is 2.30. The van der Waals surface area contributed by atoms with E-state index in [1.165, 1.54) is 7.11 Å². The molecule has 0 saturated heterocycles. The number of hydrogen-bond acceptors (Lipinski definition) is 3. The number of hydrogen-bond donors (Lipinski definition) is 1. The normalized spacial score (nSPS) is 11.4. The van der Waals surface area contributed by atoms with Crippen LogP contribution in [0.2, 0.25) is 0 Å². The third kappa shape index (κ3) is 3.81. The Morgan fingerprint density at radius 3 is 2.33 bits per heavy atom. The van der Waals surface area contributed by atoms with E-state index >= 15 is 0 Å². The molecule has 0 aliphatic rings. The largest absolute Gasteiger partial charge is 0.468 e. The van der Waals surface area contributed by atoms with Crippen LogP contribution in [0.3, 0.4) is 0 Å². The van der Waals surface area contributed by atoms with Gasteiger partial charge in [-0.3, -0.25) is 0 Å². The Bertz CT molecular complexity index is 316. The van der Waals surface area contributed by atoms with Gasteiger partial charge in [0.1, 0.15) is 6.04 Å². The number of esters is 1. The number of halogens is 2. The zero-order valence-corrected chi connectivity index (χ0v) is 10.9. The lowest BCUT2D eigenvalue weighted by Gasteiger charge is -2.13. The van der Waals surface area contributed by atoms with Crippen LogP contribution in [0.4, 0.5) is 0 Å². The number of rotatable bonds is 3. The van der Waals surface area contributed by atoms with Gasteiger partial charge in [0, 0.05) is 4.47 Å². The molecule has 1 unspecified atom stereocenters. The Balaban J connectivity index is 0.00000196. The van der Waals surface area contributed by atoms with Gasteiger partial charge in [0.2, 0.25) is 0 Å². The summed E-state index contributed by atoms with van der Waals surface area (Å²) in [4.78, 5) is 11.3. The van der Waals surface area contributed by atoms with Crippen molar-refractivity contribution < 1.29 is 9.53 Å². The number of benzene rings is 1. The second kappa shape index (κ2) is 6.82. The molecular formula is C10H13BrClNO2. The van der Waals surface area contributed by atoms with Gasteiger partial charge in [0.05, 0.1) is 7.11 Å². The van der Waals surface area contributed by atoms with Crippen LogP contribution in [0.1, 0.15) is 11.6 Å². The van der Waals surface area contributed by atoms with Gasteiger partial charge in [0.25, 0.3) is 0 Å². The van der Waals surface area contributed by atoms with E-state index in [4.69, 9.17) is 0 Å². The molecule has 0 aromatic heterocycles. The van der Waals surface area contributed by atoms with Crippen molar-refractivity contribution in [1.29, 1.82) is 0 Å². The van der Waals surface area contributed by atoms with Gasteiger partial charge in [-0.25, -0.2) is 4.79 Å². The van der Waals surface area contributed by atoms with Crippen molar-refractivity contribution in [2.24, 2.45) is 0 Å². The van der Waals surface area contributed by atoms with E-state index < -0.39 is 6.04 Å². The summed E-state index contributed by atoms with van der Waals surface area (Å²) in [6.45, 7) is 0. The van der Waals surface area contributed by atoms with Crippen molar-refractivity contribution in [1.82, 2.24) is 5.32 Å². The van der Waals surface area contributed by atoms with Crippen molar-refractivity contribution in [3.05, 3.63) is 34.3 Å². The van der Waals surface area contributed by atoms with Crippen molar-refractivity contribution >= 4 is 34.3 Å². The van der Waals surface area contributed by atoms with E-state index in [-0.39, 0.29) is 18.4 Å². The van der Waals surface area contributed by atoms with Crippen LogP contribution in [-0.2, 0) is 9.53 Å². The molecular weight excluding hydrogens is 281 g/mol. The topological polar surface area (TPSA) is 38.3 Å². The van der Waals surface area contributed by atoms with Crippen LogP contribution in [0.5, 0.6) is 0 Å². The molecule has 1 atom stereocenters. The quantitative estimate of drug-likeness (QED) is 0.870. The van der Waals surface area contributed by atoms with Gasteiger partial charge in [0.15, 0.2) is 0 Å². The molecule has 1 N–H and O–H groups in total. The molecule has 0 radical (unpaired) electrons. The Morgan fingerprint density at radius 1 is 1.40 bits per heavy atom. The summed E-state index contributed by atoms with van der Waals surface area (Å²) in [7, 11) is 3.11. The molecule has 5 heteroatoms. The van der Waals surface area contributed by atoms with Gasteiger partial charge in [-0.05, 0) is 24.7 Å². The van der Waals surface area contributed by atoms with Crippen LogP contribution in [-0.4, -0.2) is 20.1 Å². The minimum atomic E-state index is -0.395. The minimum absolute atomic E-state index is 0. The van der Waals surface area contributed by atoms with Gasteiger partial charge < -0.3 is 10.1 Å². The summed E-state index contributed by atoms with van der Waals surface area (Å²) >= 11 is 3.33. The molecule has 0 aliphatic carbocycles. The number of methoxy groups -OCH3 is 1. The van der Waals surface area contributed by atoms with Crippen LogP contribution in [0.25, 0.3) is 0 Å². The van der Waals surface area contributed by atoms with E-state index in [1.54, 1.807) is 7.05 Å². The third-order valence-electron chi connectivity index (χ3n) is 1.93. The number of likely N-dealkylation sites (N-methyl/N-ethyl adjacent to an activating group) is 1. The molecule has 0 saturated carbocycles. The smallest absolute Gasteiger partial charge is 0.327 e. The number of ether oxygens (including phenoxy) is 1. The van der Waals surface area contributed by atoms with Gasteiger partial charge in [-0.15, -0.1) is 12.4 Å². The highest BCUT2D eigenvalue weighted by molar-refractivity contribution is 9.10. The molecule has 0 bridgehead atoms. The first-order valence-corrected chi connectivity index (χ1v) is 4.99. The van der Waals surface area contributed by atoms with E-state index in [2.05, 4.69) is 26.0 Å². The monoisotopic (exact) mass is 293 g/mol. The highest BCUT2D eigenvalue weighted by atomic mass is 79.9. The fourth-order valence-corrected chi connectivity index (χ4v) is 1.46. The molecule has 0 aliphatic heterocycles. The summed E-state index contributed by atoms with van der Waals surface area (Å²) in [5.74, 6) is -0.283. The molecule has 1 rings (SSSR count). The Labute approximate surface area is 104 Å². The van der Waals surface area contributed by atoms with Crippen LogP contribution in [0.15, 0.2) is 28.7 Å². The average Bonchev–Trinajstić information content (AvgIpc) is 2.21. The first-order chi connectivity index (χ1) is 6.69. The van der Waals surface area contributed by atoms with Crippen molar-refractivity contribution in [2.45, 2.75) is 6.04 Å². The fourth-order valence-electron chi connectivity index (χ4n) is 1.19. The summed E-state index contributed by atoms with van der Waals surface area (Å²) in [5.41, 5.74) is 0.891. The lowest BCUT2D eigenvalue weighted by molar-refractivity contribution is -0.143. The average molecular weight is 295 g/mol. The lowest BCUT2D eigenvalue weighted by atomic mass is 10.1. The first-order valence-electron chi connectivity index (χ1n) is 4.19. The van der Waals surface area contributed by atoms with Crippen LogP contribution >= 0.6 is 28.3 Å². The molecule has 3 nitrogen and oxygen atoms in total. The van der Waals surface area contributed by atoms with Gasteiger partial charge >= 0.3 is 5.97 Å². The minimum Gasteiger partial charge on any atom is -0.468 e. The molecule has 84 valence electrons. The Morgan fingerprint density at radius 2 is 1.93 bits per heavy atom. The highest BCUT2D eigenvalue weighted by Crippen LogP contribution is 2.17. The summed E-state index contributed by atoms with van der Waals surface area (Å²) in [6, 6.07) is 7.14. The Kier molecular flexibility index (Phi) is 6.56. The molecule has 1 aromatic carbocycles. The van der Waals surface area contributed by atoms with Gasteiger partial charge in [-0.2, -0.15) is 0 Å². The summed E-state index contributed by atoms with van der Waals surface area (Å²) in [5, 5.41) is 2.90. The maximum atomic E-state index is 11.3. The van der Waals surface area contributed by atoms with E-state index in [1.807, 2.05) is 24.3 Å². The molecule has 0 amide bonds. The number of nitrogens with one attached hydrogen (secondary N) is 1. The molecule has 0 fully saturated rings. The number of carbonyl (C=O) groups is 1. The van der Waals surface area contributed by atoms with Crippen molar-refractivity contribution in [2.75, 3.05) is 14.2 Å². The third-order valence-corrected chi connectivity index (χ3v) is 2.46. The highest BCUT2D eigenvalue weighted by Gasteiger charge is 2.18. The molecule has 15 heavy (non-hydrogen) atoms. The second-order valence-corrected chi connectivity index (χ2v) is 3.71. The van der Waals surface area contributed by atoms with Crippen LogP contribution < -0.4 is 5.32 Å². The summed E-state index contributed by atoms with van der Waals surface area (Å²) in [6.07, 6.45) is 0.